The third-order valence-corrected chi connectivity index (χ3v) is 4.35. The summed E-state index contributed by atoms with van der Waals surface area (Å²) < 4.78 is 30.7. The van der Waals surface area contributed by atoms with Crippen molar-refractivity contribution in [3.63, 3.8) is 0 Å². The van der Waals surface area contributed by atoms with Gasteiger partial charge in [0.2, 0.25) is 0 Å². The van der Waals surface area contributed by atoms with Crippen molar-refractivity contribution >= 4 is 15.8 Å². The number of sulfone groups is 1. The molecule has 1 aromatic heterocycles. The molecule has 0 radical (unpaired) electrons. The molecule has 112 valence electrons. The van der Waals surface area contributed by atoms with Crippen molar-refractivity contribution < 1.29 is 17.9 Å². The van der Waals surface area contributed by atoms with Crippen LogP contribution in [0.3, 0.4) is 0 Å². The minimum Gasteiger partial charge on any atom is -0.465 e. The Kier molecular flexibility index (Phi) is 4.13. The zero-order valence-electron chi connectivity index (χ0n) is 12.0. The molecule has 0 amide bonds. The number of aromatic nitrogens is 2. The van der Waals surface area contributed by atoms with Crippen molar-refractivity contribution in [2.75, 3.05) is 13.4 Å². The molecule has 0 aliphatic rings. The van der Waals surface area contributed by atoms with Crippen molar-refractivity contribution in [2.45, 2.75) is 18.2 Å². The highest BCUT2D eigenvalue weighted by Crippen LogP contribution is 2.28. The van der Waals surface area contributed by atoms with Gasteiger partial charge in [-0.05, 0) is 24.1 Å². The van der Waals surface area contributed by atoms with E-state index < -0.39 is 15.8 Å². The second-order valence-corrected chi connectivity index (χ2v) is 6.48. The maximum Gasteiger partial charge on any atom is 0.338 e. The molecule has 0 N–H and O–H groups in total. The van der Waals surface area contributed by atoms with E-state index in [0.717, 1.165) is 6.26 Å². The van der Waals surface area contributed by atoms with Gasteiger partial charge in [-0.1, -0.05) is 6.92 Å². The van der Waals surface area contributed by atoms with E-state index in [9.17, 15) is 13.2 Å². The normalized spacial score (nSPS) is 11.4. The molecule has 21 heavy (non-hydrogen) atoms. The second-order valence-electron chi connectivity index (χ2n) is 4.53. The van der Waals surface area contributed by atoms with Crippen molar-refractivity contribution in [1.82, 2.24) is 9.55 Å². The van der Waals surface area contributed by atoms with Crippen LogP contribution in [0.15, 0.2) is 35.7 Å². The maximum atomic E-state index is 12.2. The quantitative estimate of drug-likeness (QED) is 0.802. The zero-order chi connectivity index (χ0) is 15.6. The van der Waals surface area contributed by atoms with Crippen molar-refractivity contribution in [3.8, 4) is 5.69 Å². The monoisotopic (exact) mass is 308 g/mol. The Bertz CT molecular complexity index is 765. The van der Waals surface area contributed by atoms with E-state index >= 15 is 0 Å². The van der Waals surface area contributed by atoms with E-state index in [4.69, 9.17) is 4.74 Å². The largest absolute Gasteiger partial charge is 0.465 e. The molecule has 2 rings (SSSR count). The number of imidazole rings is 1. The molecule has 0 aliphatic carbocycles. The highest BCUT2D eigenvalue weighted by molar-refractivity contribution is 7.90. The Morgan fingerprint density at radius 1 is 1.38 bits per heavy atom. The summed E-state index contributed by atoms with van der Waals surface area (Å²) in [6, 6.07) is 3.16. The molecule has 0 saturated carbocycles. The van der Waals surface area contributed by atoms with Gasteiger partial charge in [0.05, 0.1) is 29.6 Å². The molecule has 0 fully saturated rings. The molecule has 0 aliphatic heterocycles. The first-order valence-electron chi connectivity index (χ1n) is 6.32. The first-order valence-corrected chi connectivity index (χ1v) is 8.21. The summed E-state index contributed by atoms with van der Waals surface area (Å²) in [4.78, 5) is 15.9. The van der Waals surface area contributed by atoms with E-state index in [-0.39, 0.29) is 10.5 Å². The average molecular weight is 308 g/mol. The third kappa shape index (κ3) is 2.82. The molecule has 1 heterocycles. The summed E-state index contributed by atoms with van der Waals surface area (Å²) in [7, 11) is -2.25. The van der Waals surface area contributed by atoms with E-state index in [1.165, 1.54) is 13.4 Å². The van der Waals surface area contributed by atoms with Gasteiger partial charge < -0.3 is 9.30 Å². The fourth-order valence-electron chi connectivity index (χ4n) is 2.29. The minimum atomic E-state index is -3.52. The summed E-state index contributed by atoms with van der Waals surface area (Å²) in [5.41, 5.74) is 1.19. The summed E-state index contributed by atoms with van der Waals surface area (Å²) in [6.45, 7) is 1.80. The molecule has 0 bridgehead atoms. The Labute approximate surface area is 123 Å². The van der Waals surface area contributed by atoms with Crippen molar-refractivity contribution in [2.24, 2.45) is 0 Å². The molecule has 0 saturated heterocycles. The van der Waals surface area contributed by atoms with Gasteiger partial charge in [-0.3, -0.25) is 0 Å². The van der Waals surface area contributed by atoms with Crippen molar-refractivity contribution in [1.29, 1.82) is 0 Å². The van der Waals surface area contributed by atoms with Crippen LogP contribution in [0, 0.1) is 0 Å². The molecular weight excluding hydrogens is 292 g/mol. The molecule has 1 aromatic carbocycles. The molecule has 7 heteroatoms. The molecule has 0 unspecified atom stereocenters. The summed E-state index contributed by atoms with van der Waals surface area (Å²) in [6.07, 6.45) is 6.26. The number of benzene rings is 1. The minimum absolute atomic E-state index is 0.130. The third-order valence-electron chi connectivity index (χ3n) is 3.15. The first-order chi connectivity index (χ1) is 9.90. The SMILES string of the molecule is CCc1c(C(=O)OC)ccc(-n2ccnc2)c1S(C)(=O)=O. The Hall–Kier alpha value is -2.15. The van der Waals surface area contributed by atoms with Crippen LogP contribution >= 0.6 is 0 Å². The van der Waals surface area contributed by atoms with E-state index in [1.54, 1.807) is 36.0 Å². The predicted octanol–water partition coefficient (Wildman–Crippen LogP) is 1.62. The van der Waals surface area contributed by atoms with Gasteiger partial charge in [0, 0.05) is 18.6 Å². The van der Waals surface area contributed by atoms with Crippen LogP contribution in [0.4, 0.5) is 0 Å². The van der Waals surface area contributed by atoms with Gasteiger partial charge in [0.1, 0.15) is 0 Å². The standard InChI is InChI=1S/C14H16N2O4S/c1-4-10-11(14(17)20-2)5-6-12(13(10)21(3,18)19)16-8-7-15-9-16/h5-9H,4H2,1-3H3. The first kappa shape index (κ1) is 15.2. The van der Waals surface area contributed by atoms with Crippen LogP contribution in [0.5, 0.6) is 0 Å². The van der Waals surface area contributed by atoms with Crippen LogP contribution in [-0.4, -0.2) is 37.3 Å². The van der Waals surface area contributed by atoms with Gasteiger partial charge in [-0.15, -0.1) is 0 Å². The lowest BCUT2D eigenvalue weighted by molar-refractivity contribution is 0.0599. The van der Waals surface area contributed by atoms with E-state index in [1.807, 2.05) is 0 Å². The molecule has 0 spiro atoms. The molecule has 0 atom stereocenters. The van der Waals surface area contributed by atoms with Gasteiger partial charge in [-0.25, -0.2) is 18.2 Å². The fraction of sp³-hybridized carbons (Fsp3) is 0.286. The van der Waals surface area contributed by atoms with Crippen molar-refractivity contribution in [3.05, 3.63) is 42.0 Å². The number of hydrogen-bond acceptors (Lipinski definition) is 5. The maximum absolute atomic E-state index is 12.2. The predicted molar refractivity (Wildman–Crippen MR) is 77.4 cm³/mol. The lowest BCUT2D eigenvalue weighted by atomic mass is 10.0. The highest BCUT2D eigenvalue weighted by atomic mass is 32.2. The van der Waals surface area contributed by atoms with Crippen LogP contribution in [0.1, 0.15) is 22.8 Å². The Balaban J connectivity index is 2.84. The van der Waals surface area contributed by atoms with Gasteiger partial charge in [0.25, 0.3) is 0 Å². The van der Waals surface area contributed by atoms with Gasteiger partial charge in [-0.2, -0.15) is 0 Å². The number of ether oxygens (including phenoxy) is 1. The van der Waals surface area contributed by atoms with Gasteiger partial charge in [0.15, 0.2) is 9.84 Å². The number of carbonyl (C=O) groups is 1. The fourth-order valence-corrected chi connectivity index (χ4v) is 3.54. The smallest absolute Gasteiger partial charge is 0.338 e. The number of rotatable bonds is 4. The van der Waals surface area contributed by atoms with E-state index in [0.29, 0.717) is 17.7 Å². The zero-order valence-corrected chi connectivity index (χ0v) is 12.8. The topological polar surface area (TPSA) is 78.3 Å². The summed E-state index contributed by atoms with van der Waals surface area (Å²) in [5, 5.41) is 0. The lowest BCUT2D eigenvalue weighted by Crippen LogP contribution is -2.14. The lowest BCUT2D eigenvalue weighted by Gasteiger charge is -2.16. The number of methoxy groups -OCH3 is 1. The molecular formula is C14H16N2O4S. The number of nitrogens with zero attached hydrogens (tertiary/aromatic N) is 2. The average Bonchev–Trinajstić information content (AvgIpc) is 2.97. The Morgan fingerprint density at radius 3 is 2.57 bits per heavy atom. The Morgan fingerprint density at radius 2 is 2.10 bits per heavy atom. The molecule has 2 aromatic rings. The summed E-state index contributed by atoms with van der Waals surface area (Å²) in [5.74, 6) is -0.547. The van der Waals surface area contributed by atoms with Crippen LogP contribution in [-0.2, 0) is 21.0 Å². The summed E-state index contributed by atoms with van der Waals surface area (Å²) >= 11 is 0. The van der Waals surface area contributed by atoms with E-state index in [2.05, 4.69) is 4.98 Å². The second kappa shape index (κ2) is 5.69. The van der Waals surface area contributed by atoms with Crippen LogP contribution in [0.25, 0.3) is 5.69 Å². The van der Waals surface area contributed by atoms with Crippen LogP contribution < -0.4 is 0 Å². The number of esters is 1. The highest BCUT2D eigenvalue weighted by Gasteiger charge is 2.24. The van der Waals surface area contributed by atoms with Crippen LogP contribution in [0.2, 0.25) is 0 Å². The number of hydrogen-bond donors (Lipinski definition) is 0. The number of carbonyl (C=O) groups excluding carboxylic acids is 1. The molecule has 6 nitrogen and oxygen atoms in total. The van der Waals surface area contributed by atoms with Gasteiger partial charge >= 0.3 is 5.97 Å².